The zero-order valence-electron chi connectivity index (χ0n) is 19.3. The number of carbonyl (C=O) groups is 3. The molecule has 0 aliphatic carbocycles. The Kier molecular flexibility index (Phi) is 6.86. The van der Waals surface area contributed by atoms with Crippen molar-refractivity contribution >= 4 is 45.7 Å². The first-order chi connectivity index (χ1) is 17.1. The van der Waals surface area contributed by atoms with Crippen LogP contribution in [0.2, 0.25) is 0 Å². The van der Waals surface area contributed by atoms with Crippen LogP contribution in [0.1, 0.15) is 30.4 Å². The minimum absolute atomic E-state index is 0.176. The Morgan fingerprint density at radius 2 is 1.66 bits per heavy atom. The largest absolute Gasteiger partial charge is 0.488 e. The summed E-state index contributed by atoms with van der Waals surface area (Å²) in [7, 11) is 0. The van der Waals surface area contributed by atoms with Crippen LogP contribution < -0.4 is 4.74 Å². The number of piperidine rings is 1. The van der Waals surface area contributed by atoms with Crippen molar-refractivity contribution in [1.82, 2.24) is 9.80 Å². The zero-order valence-corrected chi connectivity index (χ0v) is 20.1. The fourth-order valence-electron chi connectivity index (χ4n) is 4.43. The Hall–Kier alpha value is -3.58. The molecule has 0 bridgehead atoms. The standard InChI is InChI=1S/C28H26N2O4S/c31-26(29-15-7-2-8-16-29)18-30-27(32)25(35-28(30)33)17-23-22-12-6-5-11-21(22)13-14-24(23)34-19-20-9-3-1-4-10-20/h1,3-6,9-14,17H,2,7-8,15-16,18-19H2/b25-17+. The molecule has 35 heavy (non-hydrogen) atoms. The first-order valence-electron chi connectivity index (χ1n) is 11.8. The van der Waals surface area contributed by atoms with Crippen LogP contribution >= 0.6 is 11.8 Å². The van der Waals surface area contributed by atoms with Crippen LogP contribution in [0.5, 0.6) is 5.75 Å². The van der Waals surface area contributed by atoms with Crippen LogP contribution in [0, 0.1) is 0 Å². The molecule has 3 aromatic rings. The van der Waals surface area contributed by atoms with Crippen molar-refractivity contribution < 1.29 is 19.1 Å². The topological polar surface area (TPSA) is 66.9 Å². The molecule has 178 valence electrons. The summed E-state index contributed by atoms with van der Waals surface area (Å²) in [6.07, 6.45) is 4.74. The van der Waals surface area contributed by atoms with E-state index >= 15 is 0 Å². The van der Waals surface area contributed by atoms with Gasteiger partial charge in [0.25, 0.3) is 11.1 Å². The van der Waals surface area contributed by atoms with Gasteiger partial charge >= 0.3 is 0 Å². The number of carbonyl (C=O) groups excluding carboxylic acids is 3. The van der Waals surface area contributed by atoms with Crippen LogP contribution in [0.3, 0.4) is 0 Å². The maximum absolute atomic E-state index is 13.2. The molecular weight excluding hydrogens is 460 g/mol. The number of nitrogens with zero attached hydrogens (tertiary/aromatic N) is 2. The maximum Gasteiger partial charge on any atom is 0.294 e. The number of benzene rings is 3. The third kappa shape index (κ3) is 5.10. The van der Waals surface area contributed by atoms with Gasteiger partial charge in [0.05, 0.1) is 4.91 Å². The molecule has 2 aliphatic heterocycles. The molecule has 5 rings (SSSR count). The lowest BCUT2D eigenvalue weighted by Crippen LogP contribution is -2.44. The van der Waals surface area contributed by atoms with Gasteiger partial charge in [0.2, 0.25) is 5.91 Å². The van der Waals surface area contributed by atoms with Crippen LogP contribution in [-0.4, -0.2) is 46.5 Å². The number of fused-ring (bicyclic) bond motifs is 1. The highest BCUT2D eigenvalue weighted by Crippen LogP contribution is 2.37. The van der Waals surface area contributed by atoms with Gasteiger partial charge in [-0.2, -0.15) is 0 Å². The molecule has 6 nitrogen and oxygen atoms in total. The van der Waals surface area contributed by atoms with E-state index in [-0.39, 0.29) is 12.5 Å². The van der Waals surface area contributed by atoms with Gasteiger partial charge in [-0.15, -0.1) is 0 Å². The summed E-state index contributed by atoms with van der Waals surface area (Å²) in [5, 5.41) is 1.51. The number of imide groups is 1. The van der Waals surface area contributed by atoms with Crippen molar-refractivity contribution in [2.75, 3.05) is 19.6 Å². The number of thioether (sulfide) groups is 1. The molecule has 0 saturated carbocycles. The van der Waals surface area contributed by atoms with E-state index in [1.165, 1.54) is 0 Å². The number of hydrogen-bond donors (Lipinski definition) is 0. The Labute approximate surface area is 208 Å². The minimum Gasteiger partial charge on any atom is -0.488 e. The Balaban J connectivity index is 1.42. The molecule has 0 radical (unpaired) electrons. The van der Waals surface area contributed by atoms with Crippen LogP contribution in [0.25, 0.3) is 16.8 Å². The average molecular weight is 487 g/mol. The van der Waals surface area contributed by atoms with Gasteiger partial charge < -0.3 is 9.64 Å². The number of ether oxygens (including phenoxy) is 1. The lowest BCUT2D eigenvalue weighted by atomic mass is 10.0. The molecule has 7 heteroatoms. The van der Waals surface area contributed by atoms with Crippen LogP contribution in [-0.2, 0) is 16.2 Å². The first-order valence-corrected chi connectivity index (χ1v) is 12.6. The van der Waals surface area contributed by atoms with E-state index in [4.69, 9.17) is 4.74 Å². The second-order valence-electron chi connectivity index (χ2n) is 8.68. The molecule has 0 unspecified atom stereocenters. The van der Waals surface area contributed by atoms with E-state index in [0.717, 1.165) is 57.8 Å². The van der Waals surface area contributed by atoms with Crippen molar-refractivity contribution in [3.63, 3.8) is 0 Å². The van der Waals surface area contributed by atoms with E-state index in [2.05, 4.69) is 0 Å². The second kappa shape index (κ2) is 10.4. The van der Waals surface area contributed by atoms with E-state index in [1.54, 1.807) is 11.0 Å². The maximum atomic E-state index is 13.2. The highest BCUT2D eigenvalue weighted by Gasteiger charge is 2.37. The monoisotopic (exact) mass is 486 g/mol. The number of amides is 3. The summed E-state index contributed by atoms with van der Waals surface area (Å²) in [6, 6.07) is 21.6. The molecule has 0 N–H and O–H groups in total. The normalized spacial score (nSPS) is 17.4. The average Bonchev–Trinajstić information content (AvgIpc) is 3.16. The number of likely N-dealkylation sites (tertiary alicyclic amines) is 1. The van der Waals surface area contributed by atoms with Crippen LogP contribution in [0.15, 0.2) is 71.6 Å². The Morgan fingerprint density at radius 1 is 0.914 bits per heavy atom. The highest BCUT2D eigenvalue weighted by molar-refractivity contribution is 8.18. The van der Waals surface area contributed by atoms with Gasteiger partial charge in [-0.05, 0) is 59.5 Å². The van der Waals surface area contributed by atoms with Gasteiger partial charge in [0.1, 0.15) is 18.9 Å². The van der Waals surface area contributed by atoms with Crippen molar-refractivity contribution in [3.8, 4) is 5.75 Å². The molecule has 0 spiro atoms. The van der Waals surface area contributed by atoms with E-state index in [9.17, 15) is 14.4 Å². The quantitative estimate of drug-likeness (QED) is 0.433. The SMILES string of the molecule is O=C(CN1C(=O)S/C(=C/c2c(OCc3ccccc3)ccc3ccccc23)C1=O)N1CCCCC1. The molecule has 2 fully saturated rings. The Morgan fingerprint density at radius 3 is 2.46 bits per heavy atom. The molecule has 0 aromatic heterocycles. The van der Waals surface area contributed by atoms with Crippen molar-refractivity contribution in [3.05, 3.63) is 82.8 Å². The lowest BCUT2D eigenvalue weighted by molar-refractivity contribution is -0.136. The Bertz CT molecular complexity index is 1300. The molecule has 3 aromatic carbocycles. The summed E-state index contributed by atoms with van der Waals surface area (Å²) < 4.78 is 6.15. The summed E-state index contributed by atoms with van der Waals surface area (Å²) in [5.41, 5.74) is 1.77. The molecular formula is C28H26N2O4S. The molecule has 2 heterocycles. The minimum atomic E-state index is -0.438. The predicted octanol–water partition coefficient (Wildman–Crippen LogP) is 5.47. The van der Waals surface area contributed by atoms with E-state index < -0.39 is 11.1 Å². The fourth-order valence-corrected chi connectivity index (χ4v) is 5.25. The van der Waals surface area contributed by atoms with Crippen molar-refractivity contribution in [1.29, 1.82) is 0 Å². The van der Waals surface area contributed by atoms with E-state index in [1.807, 2.05) is 66.7 Å². The smallest absolute Gasteiger partial charge is 0.294 e. The van der Waals surface area contributed by atoms with Gasteiger partial charge in [0.15, 0.2) is 0 Å². The summed E-state index contributed by atoms with van der Waals surface area (Å²) in [4.78, 5) is 41.6. The lowest BCUT2D eigenvalue weighted by Gasteiger charge is -2.27. The molecule has 3 amide bonds. The molecule has 0 atom stereocenters. The van der Waals surface area contributed by atoms with Gasteiger partial charge in [-0.1, -0.05) is 60.7 Å². The summed E-state index contributed by atoms with van der Waals surface area (Å²) in [5.74, 6) is 0.0151. The number of hydrogen-bond acceptors (Lipinski definition) is 5. The van der Waals surface area contributed by atoms with E-state index in [0.29, 0.717) is 30.4 Å². The summed E-state index contributed by atoms with van der Waals surface area (Å²) >= 11 is 0.869. The predicted molar refractivity (Wildman–Crippen MR) is 138 cm³/mol. The molecule has 2 saturated heterocycles. The van der Waals surface area contributed by atoms with Gasteiger partial charge in [-0.25, -0.2) is 0 Å². The first kappa shape index (κ1) is 23.2. The highest BCUT2D eigenvalue weighted by atomic mass is 32.2. The van der Waals surface area contributed by atoms with Crippen molar-refractivity contribution in [2.24, 2.45) is 0 Å². The summed E-state index contributed by atoms with van der Waals surface area (Å²) in [6.45, 7) is 1.53. The molecule has 2 aliphatic rings. The van der Waals surface area contributed by atoms with Gasteiger partial charge in [0, 0.05) is 18.7 Å². The fraction of sp³-hybridized carbons (Fsp3) is 0.250. The van der Waals surface area contributed by atoms with Crippen LogP contribution in [0.4, 0.5) is 4.79 Å². The third-order valence-electron chi connectivity index (χ3n) is 6.32. The van der Waals surface area contributed by atoms with Crippen molar-refractivity contribution in [2.45, 2.75) is 25.9 Å². The third-order valence-corrected chi connectivity index (χ3v) is 7.23. The van der Waals surface area contributed by atoms with Gasteiger partial charge in [-0.3, -0.25) is 19.3 Å². The number of rotatable bonds is 6. The zero-order chi connectivity index (χ0) is 24.2. The second-order valence-corrected chi connectivity index (χ2v) is 9.68.